The van der Waals surface area contributed by atoms with E-state index in [9.17, 15) is 4.79 Å². The maximum Gasteiger partial charge on any atom is 0.258 e. The highest BCUT2D eigenvalue weighted by Gasteiger charge is 2.14. The normalized spacial score (nSPS) is 11.6. The molecule has 0 aliphatic heterocycles. The molecule has 0 aliphatic rings. The van der Waals surface area contributed by atoms with Crippen LogP contribution in [0.2, 0.25) is 0 Å². The molecule has 1 aromatic carbocycles. The minimum atomic E-state index is -0.411. The van der Waals surface area contributed by atoms with Gasteiger partial charge in [0, 0.05) is 10.8 Å². The number of thiophene rings is 1. The van der Waals surface area contributed by atoms with Gasteiger partial charge in [-0.3, -0.25) is 9.20 Å². The first-order valence-corrected chi connectivity index (χ1v) is 6.51. The van der Waals surface area contributed by atoms with Gasteiger partial charge in [0.25, 0.3) is 5.91 Å². The van der Waals surface area contributed by atoms with Gasteiger partial charge in [-0.2, -0.15) is 0 Å². The number of carbonyl (C=O) groups is 1. The molecule has 0 radical (unpaired) electrons. The SMILES string of the molecule is NC(=O)c1cc2c3ccccc3c3nncn3c2s1. The lowest BCUT2D eigenvalue weighted by Crippen LogP contribution is -2.08. The zero-order chi connectivity index (χ0) is 13.0. The quantitative estimate of drug-likeness (QED) is 0.575. The number of rotatable bonds is 1. The second-order valence-electron chi connectivity index (χ2n) is 4.26. The van der Waals surface area contributed by atoms with Crippen LogP contribution in [0.3, 0.4) is 0 Å². The molecule has 0 unspecified atom stereocenters. The van der Waals surface area contributed by atoms with Gasteiger partial charge in [0.05, 0.1) is 4.88 Å². The molecule has 0 atom stereocenters. The number of primary amides is 1. The minimum absolute atomic E-state index is 0.411. The van der Waals surface area contributed by atoms with E-state index in [2.05, 4.69) is 10.2 Å². The number of benzene rings is 1. The van der Waals surface area contributed by atoms with E-state index in [1.165, 1.54) is 11.3 Å². The van der Waals surface area contributed by atoms with E-state index in [1.807, 2.05) is 34.7 Å². The first-order valence-electron chi connectivity index (χ1n) is 5.69. The van der Waals surface area contributed by atoms with E-state index < -0.39 is 5.91 Å². The van der Waals surface area contributed by atoms with Gasteiger partial charge in [-0.05, 0) is 11.5 Å². The van der Waals surface area contributed by atoms with Gasteiger partial charge < -0.3 is 5.73 Å². The van der Waals surface area contributed by atoms with Crippen molar-refractivity contribution in [1.82, 2.24) is 14.6 Å². The lowest BCUT2D eigenvalue weighted by atomic mass is 10.1. The third kappa shape index (κ3) is 1.31. The Bertz CT molecular complexity index is 953. The van der Waals surface area contributed by atoms with E-state index in [1.54, 1.807) is 6.33 Å². The van der Waals surface area contributed by atoms with Crippen LogP contribution in [-0.4, -0.2) is 20.5 Å². The van der Waals surface area contributed by atoms with Crippen LogP contribution in [0.5, 0.6) is 0 Å². The first kappa shape index (κ1) is 10.5. The first-order chi connectivity index (χ1) is 9.25. The largest absolute Gasteiger partial charge is 0.365 e. The number of amides is 1. The van der Waals surface area contributed by atoms with E-state index in [0.29, 0.717) is 4.88 Å². The number of fused-ring (bicyclic) bond motifs is 6. The number of pyridine rings is 1. The summed E-state index contributed by atoms with van der Waals surface area (Å²) in [6.45, 7) is 0. The standard InChI is InChI=1S/C13H8N4OS/c14-11(18)10-5-9-7-3-1-2-4-8(7)12-16-15-6-17(12)13(9)19-10/h1-6H,(H2,14,18). The van der Waals surface area contributed by atoms with Crippen LogP contribution >= 0.6 is 11.3 Å². The van der Waals surface area contributed by atoms with E-state index >= 15 is 0 Å². The summed E-state index contributed by atoms with van der Waals surface area (Å²) in [5.74, 6) is -0.411. The molecule has 0 aliphatic carbocycles. The summed E-state index contributed by atoms with van der Waals surface area (Å²) >= 11 is 1.36. The van der Waals surface area contributed by atoms with E-state index in [4.69, 9.17) is 5.73 Å². The fourth-order valence-electron chi connectivity index (χ4n) is 2.35. The Balaban J connectivity index is 2.35. The van der Waals surface area contributed by atoms with Gasteiger partial charge in [0.2, 0.25) is 0 Å². The summed E-state index contributed by atoms with van der Waals surface area (Å²) < 4.78 is 1.90. The number of nitrogens with zero attached hydrogens (tertiary/aromatic N) is 3. The Morgan fingerprint density at radius 2 is 2.00 bits per heavy atom. The molecule has 4 rings (SSSR count). The number of carbonyl (C=O) groups excluding carboxylic acids is 1. The lowest BCUT2D eigenvalue weighted by Gasteiger charge is -2.02. The summed E-state index contributed by atoms with van der Waals surface area (Å²) in [5.41, 5.74) is 6.16. The Morgan fingerprint density at radius 3 is 2.79 bits per heavy atom. The molecule has 6 heteroatoms. The monoisotopic (exact) mass is 268 g/mol. The number of hydrogen-bond donors (Lipinski definition) is 1. The third-order valence-electron chi connectivity index (χ3n) is 3.18. The average molecular weight is 268 g/mol. The molecule has 19 heavy (non-hydrogen) atoms. The minimum Gasteiger partial charge on any atom is -0.365 e. The Labute approximate surface area is 111 Å². The van der Waals surface area contributed by atoms with Crippen molar-refractivity contribution in [2.24, 2.45) is 5.73 Å². The summed E-state index contributed by atoms with van der Waals surface area (Å²) in [5, 5.41) is 11.2. The number of hydrogen-bond acceptors (Lipinski definition) is 4. The third-order valence-corrected chi connectivity index (χ3v) is 4.33. The van der Waals surface area contributed by atoms with Crippen LogP contribution < -0.4 is 5.73 Å². The van der Waals surface area contributed by atoms with Crippen LogP contribution in [-0.2, 0) is 0 Å². The predicted molar refractivity (Wildman–Crippen MR) is 74.4 cm³/mol. The van der Waals surface area contributed by atoms with Crippen molar-refractivity contribution in [3.05, 3.63) is 41.5 Å². The molecule has 0 saturated carbocycles. The zero-order valence-electron chi connectivity index (χ0n) is 9.70. The van der Waals surface area contributed by atoms with Gasteiger partial charge in [0.15, 0.2) is 5.65 Å². The maximum absolute atomic E-state index is 11.4. The lowest BCUT2D eigenvalue weighted by molar-refractivity contribution is 0.100. The molecule has 3 aromatic heterocycles. The van der Waals surface area contributed by atoms with Gasteiger partial charge in [-0.25, -0.2) is 0 Å². The van der Waals surface area contributed by atoms with Crippen LogP contribution in [0.25, 0.3) is 26.6 Å². The van der Waals surface area contributed by atoms with Crippen molar-refractivity contribution >= 4 is 43.9 Å². The van der Waals surface area contributed by atoms with Crippen LogP contribution in [0.4, 0.5) is 0 Å². The van der Waals surface area contributed by atoms with Crippen molar-refractivity contribution in [1.29, 1.82) is 0 Å². The van der Waals surface area contributed by atoms with Crippen molar-refractivity contribution in [2.75, 3.05) is 0 Å². The molecule has 0 saturated heterocycles. The van der Waals surface area contributed by atoms with Gasteiger partial charge in [-0.15, -0.1) is 21.5 Å². The smallest absolute Gasteiger partial charge is 0.258 e. The summed E-state index contributed by atoms with van der Waals surface area (Å²) in [6, 6.07) is 9.79. The summed E-state index contributed by atoms with van der Waals surface area (Å²) in [7, 11) is 0. The molecular weight excluding hydrogens is 260 g/mol. The topological polar surface area (TPSA) is 73.3 Å². The van der Waals surface area contributed by atoms with E-state index in [-0.39, 0.29) is 0 Å². The molecule has 92 valence electrons. The van der Waals surface area contributed by atoms with Gasteiger partial charge >= 0.3 is 0 Å². The highest BCUT2D eigenvalue weighted by Crippen LogP contribution is 2.33. The number of nitrogens with two attached hydrogens (primary N) is 1. The predicted octanol–water partition coefficient (Wildman–Crippen LogP) is 2.20. The molecule has 0 spiro atoms. The molecule has 2 N–H and O–H groups in total. The molecule has 5 nitrogen and oxygen atoms in total. The molecule has 1 amide bonds. The zero-order valence-corrected chi connectivity index (χ0v) is 10.5. The van der Waals surface area contributed by atoms with Crippen LogP contribution in [0.1, 0.15) is 9.67 Å². The van der Waals surface area contributed by atoms with Crippen molar-refractivity contribution in [3.63, 3.8) is 0 Å². The second-order valence-corrected chi connectivity index (χ2v) is 5.29. The summed E-state index contributed by atoms with van der Waals surface area (Å²) in [4.78, 5) is 12.9. The van der Waals surface area contributed by atoms with Crippen molar-refractivity contribution < 1.29 is 4.79 Å². The Hall–Kier alpha value is -2.47. The second kappa shape index (κ2) is 3.52. The number of aromatic nitrogens is 3. The molecule has 3 heterocycles. The highest BCUT2D eigenvalue weighted by atomic mass is 32.1. The molecule has 4 aromatic rings. The Kier molecular flexibility index (Phi) is 1.94. The van der Waals surface area contributed by atoms with Crippen LogP contribution in [0, 0.1) is 0 Å². The van der Waals surface area contributed by atoms with E-state index in [0.717, 1.165) is 26.6 Å². The van der Waals surface area contributed by atoms with Crippen molar-refractivity contribution in [3.8, 4) is 0 Å². The average Bonchev–Trinajstić information content (AvgIpc) is 3.05. The molecule has 0 fully saturated rings. The van der Waals surface area contributed by atoms with Crippen LogP contribution in [0.15, 0.2) is 36.7 Å². The fourth-order valence-corrected chi connectivity index (χ4v) is 3.35. The molecule has 0 bridgehead atoms. The summed E-state index contributed by atoms with van der Waals surface area (Å²) in [6.07, 6.45) is 1.66. The molecular formula is C13H8N4OS. The van der Waals surface area contributed by atoms with Gasteiger partial charge in [0.1, 0.15) is 11.2 Å². The fraction of sp³-hybridized carbons (Fsp3) is 0. The Morgan fingerprint density at radius 1 is 1.21 bits per heavy atom. The van der Waals surface area contributed by atoms with Crippen molar-refractivity contribution in [2.45, 2.75) is 0 Å². The highest BCUT2D eigenvalue weighted by molar-refractivity contribution is 7.20. The van der Waals surface area contributed by atoms with Gasteiger partial charge in [-0.1, -0.05) is 24.3 Å². The maximum atomic E-state index is 11.4.